The van der Waals surface area contributed by atoms with Crippen molar-refractivity contribution in [2.75, 3.05) is 38.6 Å². The Kier molecular flexibility index (Phi) is 5.48. The molecule has 1 aliphatic rings. The molecule has 2 aromatic heterocycles. The number of anilines is 1. The summed E-state index contributed by atoms with van der Waals surface area (Å²) in [5.41, 5.74) is 1.90. The molecule has 1 amide bonds. The largest absolute Gasteiger partial charge is 0.356 e. The van der Waals surface area contributed by atoms with E-state index in [0.29, 0.717) is 12.1 Å². The van der Waals surface area contributed by atoms with E-state index < -0.39 is 0 Å². The number of nitrogens with one attached hydrogen (secondary N) is 1. The Morgan fingerprint density at radius 2 is 2.17 bits per heavy atom. The zero-order valence-corrected chi connectivity index (χ0v) is 15.1. The van der Waals surface area contributed by atoms with Crippen LogP contribution in [0.2, 0.25) is 0 Å². The summed E-state index contributed by atoms with van der Waals surface area (Å²) in [5, 5.41) is 7.30. The second-order valence-corrected chi connectivity index (χ2v) is 7.09. The van der Waals surface area contributed by atoms with Crippen molar-refractivity contribution in [3.63, 3.8) is 0 Å². The number of aromatic nitrogens is 1. The van der Waals surface area contributed by atoms with E-state index in [0.717, 1.165) is 18.9 Å². The fourth-order valence-electron chi connectivity index (χ4n) is 3.10. The number of rotatable bonds is 6. The molecule has 0 aromatic carbocycles. The Morgan fingerprint density at radius 3 is 2.83 bits per heavy atom. The normalized spacial score (nSPS) is 15.7. The molecular formula is C18H24N4OS. The van der Waals surface area contributed by atoms with Crippen molar-refractivity contribution in [3.05, 3.63) is 46.3 Å². The van der Waals surface area contributed by atoms with E-state index in [1.54, 1.807) is 17.5 Å². The van der Waals surface area contributed by atoms with Crippen LogP contribution in [0.1, 0.15) is 34.8 Å². The van der Waals surface area contributed by atoms with Crippen molar-refractivity contribution in [3.8, 4) is 0 Å². The number of carbonyl (C=O) groups excluding carboxylic acids is 1. The highest BCUT2D eigenvalue weighted by Crippen LogP contribution is 2.23. The Morgan fingerprint density at radius 1 is 1.38 bits per heavy atom. The third kappa shape index (κ3) is 3.76. The molecule has 0 spiro atoms. The molecule has 1 atom stereocenters. The lowest BCUT2D eigenvalue weighted by molar-refractivity contribution is 0.0942. The van der Waals surface area contributed by atoms with E-state index in [2.05, 4.69) is 36.9 Å². The van der Waals surface area contributed by atoms with Gasteiger partial charge in [0.2, 0.25) is 0 Å². The van der Waals surface area contributed by atoms with E-state index in [-0.39, 0.29) is 11.9 Å². The van der Waals surface area contributed by atoms with E-state index in [1.807, 2.05) is 26.2 Å². The SMILES string of the molecule is CN(C)C(CNC(=O)c1cccnc1N1CCCC1)c1ccsc1. The summed E-state index contributed by atoms with van der Waals surface area (Å²) in [4.78, 5) is 21.5. The molecule has 6 heteroatoms. The number of carbonyl (C=O) groups is 1. The Labute approximate surface area is 147 Å². The molecule has 2 aromatic rings. The zero-order chi connectivity index (χ0) is 16.9. The molecule has 1 aliphatic heterocycles. The van der Waals surface area contributed by atoms with Crippen molar-refractivity contribution in [1.82, 2.24) is 15.2 Å². The van der Waals surface area contributed by atoms with Gasteiger partial charge in [-0.2, -0.15) is 11.3 Å². The minimum Gasteiger partial charge on any atom is -0.356 e. The molecule has 1 unspecified atom stereocenters. The van der Waals surface area contributed by atoms with E-state index in [9.17, 15) is 4.79 Å². The molecule has 1 fully saturated rings. The molecule has 1 saturated heterocycles. The number of amides is 1. The number of hydrogen-bond acceptors (Lipinski definition) is 5. The Bertz CT molecular complexity index is 665. The summed E-state index contributed by atoms with van der Waals surface area (Å²) < 4.78 is 0. The lowest BCUT2D eigenvalue weighted by Crippen LogP contribution is -2.35. The van der Waals surface area contributed by atoms with Crippen LogP contribution < -0.4 is 10.2 Å². The molecule has 0 bridgehead atoms. The van der Waals surface area contributed by atoms with Gasteiger partial charge in [0.25, 0.3) is 5.91 Å². The van der Waals surface area contributed by atoms with Crippen molar-refractivity contribution in [2.45, 2.75) is 18.9 Å². The predicted molar refractivity (Wildman–Crippen MR) is 98.8 cm³/mol. The molecule has 3 rings (SSSR count). The summed E-state index contributed by atoms with van der Waals surface area (Å²) in [7, 11) is 4.07. The Hall–Kier alpha value is -1.92. The maximum absolute atomic E-state index is 12.7. The first-order chi connectivity index (χ1) is 11.7. The third-order valence-corrected chi connectivity index (χ3v) is 5.15. The van der Waals surface area contributed by atoms with Gasteiger partial charge < -0.3 is 15.1 Å². The van der Waals surface area contributed by atoms with E-state index >= 15 is 0 Å². The van der Waals surface area contributed by atoms with E-state index in [4.69, 9.17) is 0 Å². The first-order valence-electron chi connectivity index (χ1n) is 8.33. The van der Waals surface area contributed by atoms with Crippen molar-refractivity contribution < 1.29 is 4.79 Å². The van der Waals surface area contributed by atoms with Crippen LogP contribution in [-0.2, 0) is 0 Å². The summed E-state index contributed by atoms with van der Waals surface area (Å²) in [6.07, 6.45) is 4.09. The second-order valence-electron chi connectivity index (χ2n) is 6.31. The van der Waals surface area contributed by atoms with Crippen LogP contribution in [0, 0.1) is 0 Å². The van der Waals surface area contributed by atoms with Crippen LogP contribution >= 0.6 is 11.3 Å². The third-order valence-electron chi connectivity index (χ3n) is 4.44. The number of nitrogens with zero attached hydrogens (tertiary/aromatic N) is 3. The number of thiophene rings is 1. The van der Waals surface area contributed by atoms with Crippen LogP contribution in [0.15, 0.2) is 35.2 Å². The second kappa shape index (κ2) is 7.77. The lowest BCUT2D eigenvalue weighted by atomic mass is 10.1. The summed E-state index contributed by atoms with van der Waals surface area (Å²) in [6, 6.07) is 5.98. The maximum atomic E-state index is 12.7. The number of hydrogen-bond donors (Lipinski definition) is 1. The summed E-state index contributed by atoms with van der Waals surface area (Å²) in [5.74, 6) is 0.761. The average molecular weight is 344 g/mol. The number of likely N-dealkylation sites (N-methyl/N-ethyl adjacent to an activating group) is 1. The van der Waals surface area contributed by atoms with Crippen molar-refractivity contribution >= 4 is 23.1 Å². The minimum atomic E-state index is -0.0490. The van der Waals surface area contributed by atoms with Crippen LogP contribution in [-0.4, -0.2) is 49.5 Å². The van der Waals surface area contributed by atoms with Gasteiger partial charge >= 0.3 is 0 Å². The monoisotopic (exact) mass is 344 g/mol. The van der Waals surface area contributed by atoms with Gasteiger partial charge in [0.05, 0.1) is 11.6 Å². The first-order valence-corrected chi connectivity index (χ1v) is 9.28. The highest BCUT2D eigenvalue weighted by atomic mass is 32.1. The van der Waals surface area contributed by atoms with Crippen LogP contribution in [0.3, 0.4) is 0 Å². The molecule has 0 radical (unpaired) electrons. The molecule has 3 heterocycles. The molecule has 1 N–H and O–H groups in total. The smallest absolute Gasteiger partial charge is 0.255 e. The topological polar surface area (TPSA) is 48.5 Å². The van der Waals surface area contributed by atoms with Gasteiger partial charge in [-0.3, -0.25) is 4.79 Å². The van der Waals surface area contributed by atoms with Crippen molar-refractivity contribution in [2.24, 2.45) is 0 Å². The minimum absolute atomic E-state index is 0.0490. The molecule has 24 heavy (non-hydrogen) atoms. The van der Waals surface area contributed by atoms with E-state index in [1.165, 1.54) is 18.4 Å². The standard InChI is InChI=1S/C18H24N4OS/c1-21(2)16(14-7-11-24-13-14)12-20-18(23)15-6-5-8-19-17(15)22-9-3-4-10-22/h5-8,11,13,16H,3-4,9-10,12H2,1-2H3,(H,20,23). The van der Waals surface area contributed by atoms with Gasteiger partial charge in [0.15, 0.2) is 0 Å². The number of pyridine rings is 1. The van der Waals surface area contributed by atoms with Gasteiger partial charge in [-0.25, -0.2) is 4.98 Å². The van der Waals surface area contributed by atoms with Crippen LogP contribution in [0.4, 0.5) is 5.82 Å². The first kappa shape index (κ1) is 16.9. The highest BCUT2D eigenvalue weighted by molar-refractivity contribution is 7.07. The summed E-state index contributed by atoms with van der Waals surface area (Å²) in [6.45, 7) is 2.54. The van der Waals surface area contributed by atoms with Gasteiger partial charge in [0, 0.05) is 25.8 Å². The fraction of sp³-hybridized carbons (Fsp3) is 0.444. The van der Waals surface area contributed by atoms with Gasteiger partial charge in [-0.15, -0.1) is 0 Å². The maximum Gasteiger partial charge on any atom is 0.255 e. The molecule has 0 aliphatic carbocycles. The highest BCUT2D eigenvalue weighted by Gasteiger charge is 2.22. The molecule has 5 nitrogen and oxygen atoms in total. The molecule has 0 saturated carbocycles. The lowest BCUT2D eigenvalue weighted by Gasteiger charge is -2.24. The molecule has 128 valence electrons. The quantitative estimate of drug-likeness (QED) is 0.875. The predicted octanol–water partition coefficient (Wildman–Crippen LogP) is 2.78. The van der Waals surface area contributed by atoms with Crippen molar-refractivity contribution in [1.29, 1.82) is 0 Å². The zero-order valence-electron chi connectivity index (χ0n) is 14.2. The van der Waals surface area contributed by atoms with Gasteiger partial charge in [-0.1, -0.05) is 0 Å². The molecular weight excluding hydrogens is 320 g/mol. The van der Waals surface area contributed by atoms with Gasteiger partial charge in [-0.05, 0) is 61.5 Å². The Balaban J connectivity index is 1.71. The van der Waals surface area contributed by atoms with Gasteiger partial charge in [0.1, 0.15) is 5.82 Å². The fourth-order valence-corrected chi connectivity index (χ4v) is 3.81. The van der Waals surface area contributed by atoms with Crippen LogP contribution in [0.5, 0.6) is 0 Å². The average Bonchev–Trinajstić information content (AvgIpc) is 3.28. The summed E-state index contributed by atoms with van der Waals surface area (Å²) >= 11 is 1.68. The van der Waals surface area contributed by atoms with Crippen LogP contribution in [0.25, 0.3) is 0 Å².